The number of aliphatic hydroxyl groups is 1. The lowest BCUT2D eigenvalue weighted by atomic mass is 9.71. The van der Waals surface area contributed by atoms with Crippen LogP contribution in [0.15, 0.2) is 27.4 Å². The molecule has 1 aromatic carbocycles. The van der Waals surface area contributed by atoms with Gasteiger partial charge < -0.3 is 19.2 Å². The molecular formula is C26H35NO5. The van der Waals surface area contributed by atoms with Crippen LogP contribution in [-0.4, -0.2) is 40.7 Å². The third kappa shape index (κ3) is 4.42. The van der Waals surface area contributed by atoms with Crippen molar-refractivity contribution >= 4 is 16.9 Å². The highest BCUT2D eigenvalue weighted by Crippen LogP contribution is 2.40. The first-order chi connectivity index (χ1) is 15.3. The van der Waals surface area contributed by atoms with E-state index in [1.165, 1.54) is 0 Å². The van der Waals surface area contributed by atoms with E-state index in [1.807, 2.05) is 24.0 Å². The average Bonchev–Trinajstić information content (AvgIpc) is 2.78. The molecule has 32 heavy (non-hydrogen) atoms. The molecule has 1 saturated heterocycles. The van der Waals surface area contributed by atoms with E-state index in [2.05, 4.69) is 6.92 Å². The molecule has 4 rings (SSSR count). The number of likely N-dealkylation sites (tertiary alicyclic amines) is 1. The van der Waals surface area contributed by atoms with Crippen molar-refractivity contribution in [3.63, 3.8) is 0 Å². The Balaban J connectivity index is 1.51. The number of piperidine rings is 1. The summed E-state index contributed by atoms with van der Waals surface area (Å²) >= 11 is 0. The third-order valence-electron chi connectivity index (χ3n) is 7.39. The third-order valence-corrected chi connectivity index (χ3v) is 7.39. The standard InChI is InChI=1S/C26H35NO5/c1-4-5-8-19-15-23(28)32-24-17(2)22(11-10-21(19)24)31-18(3)25(29)27-14-13-26(30)12-7-6-9-20(26)16-27/h10-11,15,18,20,30H,4-9,12-14,16H2,1-3H3. The Labute approximate surface area is 189 Å². The zero-order chi connectivity index (χ0) is 22.9. The molecule has 1 aromatic heterocycles. The van der Waals surface area contributed by atoms with E-state index >= 15 is 0 Å². The van der Waals surface area contributed by atoms with Crippen LogP contribution in [0.4, 0.5) is 0 Å². The Kier molecular flexibility index (Phi) is 6.61. The van der Waals surface area contributed by atoms with Gasteiger partial charge in [-0.2, -0.15) is 0 Å². The van der Waals surface area contributed by atoms with Crippen LogP contribution in [0.5, 0.6) is 5.75 Å². The lowest BCUT2D eigenvalue weighted by Crippen LogP contribution is -2.56. The Hall–Kier alpha value is -2.34. The molecule has 0 spiro atoms. The van der Waals surface area contributed by atoms with Crippen LogP contribution in [0, 0.1) is 12.8 Å². The number of carbonyl (C=O) groups is 1. The number of aryl methyl sites for hydroxylation is 2. The monoisotopic (exact) mass is 441 g/mol. The molecule has 1 amide bonds. The second kappa shape index (κ2) is 9.26. The zero-order valence-corrected chi connectivity index (χ0v) is 19.5. The van der Waals surface area contributed by atoms with Crippen molar-refractivity contribution in [2.24, 2.45) is 5.92 Å². The van der Waals surface area contributed by atoms with Gasteiger partial charge in [0, 0.05) is 36.0 Å². The van der Waals surface area contributed by atoms with Crippen molar-refractivity contribution < 1.29 is 19.1 Å². The second-order valence-corrected chi connectivity index (χ2v) is 9.60. The normalized spacial score (nSPS) is 24.2. The van der Waals surface area contributed by atoms with Crippen LogP contribution in [0.3, 0.4) is 0 Å². The number of fused-ring (bicyclic) bond motifs is 2. The molecule has 3 unspecified atom stereocenters. The summed E-state index contributed by atoms with van der Waals surface area (Å²) in [7, 11) is 0. The first-order valence-electron chi connectivity index (χ1n) is 12.1. The lowest BCUT2D eigenvalue weighted by Gasteiger charge is -2.47. The predicted octanol–water partition coefficient (Wildman–Crippen LogP) is 4.36. The van der Waals surface area contributed by atoms with E-state index < -0.39 is 11.7 Å². The summed E-state index contributed by atoms with van der Waals surface area (Å²) in [5, 5.41) is 11.8. The average molecular weight is 442 g/mol. The number of unbranched alkanes of at least 4 members (excludes halogenated alkanes) is 1. The van der Waals surface area contributed by atoms with Gasteiger partial charge in [-0.25, -0.2) is 4.79 Å². The quantitative estimate of drug-likeness (QED) is 0.674. The van der Waals surface area contributed by atoms with Gasteiger partial charge in [0.05, 0.1) is 5.60 Å². The van der Waals surface area contributed by atoms with E-state index in [0.717, 1.165) is 61.5 Å². The van der Waals surface area contributed by atoms with Crippen molar-refractivity contribution in [1.82, 2.24) is 4.90 Å². The largest absolute Gasteiger partial charge is 0.480 e. The van der Waals surface area contributed by atoms with Gasteiger partial charge in [0.25, 0.3) is 5.91 Å². The molecule has 6 heteroatoms. The fraction of sp³-hybridized carbons (Fsp3) is 0.615. The summed E-state index contributed by atoms with van der Waals surface area (Å²) in [6.45, 7) is 6.91. The highest BCUT2D eigenvalue weighted by molar-refractivity contribution is 5.85. The summed E-state index contributed by atoms with van der Waals surface area (Å²) in [5.41, 5.74) is 1.29. The van der Waals surface area contributed by atoms with Gasteiger partial charge in [-0.15, -0.1) is 0 Å². The number of nitrogens with zero attached hydrogens (tertiary/aromatic N) is 1. The Bertz CT molecular complexity index is 1040. The molecule has 1 aliphatic carbocycles. The number of ether oxygens (including phenoxy) is 1. The molecule has 2 fully saturated rings. The van der Waals surface area contributed by atoms with Gasteiger partial charge in [0.1, 0.15) is 11.3 Å². The minimum atomic E-state index is -0.657. The lowest BCUT2D eigenvalue weighted by molar-refractivity contribution is -0.149. The van der Waals surface area contributed by atoms with E-state index in [-0.39, 0.29) is 17.5 Å². The molecular weight excluding hydrogens is 406 g/mol. The molecule has 1 N–H and O–H groups in total. The highest BCUT2D eigenvalue weighted by atomic mass is 16.5. The van der Waals surface area contributed by atoms with Crippen LogP contribution in [-0.2, 0) is 11.2 Å². The molecule has 2 aliphatic rings. The molecule has 2 aromatic rings. The predicted molar refractivity (Wildman–Crippen MR) is 124 cm³/mol. The fourth-order valence-electron chi connectivity index (χ4n) is 5.38. The Morgan fingerprint density at radius 2 is 2.16 bits per heavy atom. The van der Waals surface area contributed by atoms with Crippen molar-refractivity contribution in [3.05, 3.63) is 39.7 Å². The molecule has 1 aliphatic heterocycles. The molecule has 0 radical (unpaired) electrons. The van der Waals surface area contributed by atoms with Crippen LogP contribution in [0.25, 0.3) is 11.0 Å². The summed E-state index contributed by atoms with van der Waals surface area (Å²) in [4.78, 5) is 27.1. The van der Waals surface area contributed by atoms with Crippen molar-refractivity contribution in [3.8, 4) is 5.75 Å². The van der Waals surface area contributed by atoms with Crippen LogP contribution >= 0.6 is 0 Å². The summed E-state index contributed by atoms with van der Waals surface area (Å²) in [6.07, 6.45) is 6.86. The number of carbonyl (C=O) groups excluding carboxylic acids is 1. The van der Waals surface area contributed by atoms with E-state index in [0.29, 0.717) is 30.8 Å². The van der Waals surface area contributed by atoms with Gasteiger partial charge in [0.2, 0.25) is 0 Å². The fourth-order valence-corrected chi connectivity index (χ4v) is 5.38. The molecule has 174 valence electrons. The molecule has 6 nitrogen and oxygen atoms in total. The van der Waals surface area contributed by atoms with E-state index in [9.17, 15) is 14.7 Å². The first-order valence-corrected chi connectivity index (χ1v) is 12.1. The summed E-state index contributed by atoms with van der Waals surface area (Å²) in [5.74, 6) is 0.648. The summed E-state index contributed by atoms with van der Waals surface area (Å²) < 4.78 is 11.6. The minimum absolute atomic E-state index is 0.0599. The Morgan fingerprint density at radius 3 is 2.94 bits per heavy atom. The SMILES string of the molecule is CCCCc1cc(=O)oc2c(C)c(OC(C)C(=O)N3CCC4(O)CCCCC4C3)ccc12. The van der Waals surface area contributed by atoms with Crippen LogP contribution < -0.4 is 10.4 Å². The minimum Gasteiger partial charge on any atom is -0.480 e. The van der Waals surface area contributed by atoms with Gasteiger partial charge in [-0.1, -0.05) is 26.2 Å². The maximum atomic E-state index is 13.1. The highest BCUT2D eigenvalue weighted by Gasteiger charge is 2.44. The smallest absolute Gasteiger partial charge is 0.336 e. The van der Waals surface area contributed by atoms with Crippen molar-refractivity contribution in [2.45, 2.75) is 83.8 Å². The number of benzene rings is 1. The maximum absolute atomic E-state index is 13.1. The van der Waals surface area contributed by atoms with Crippen molar-refractivity contribution in [2.75, 3.05) is 13.1 Å². The number of rotatable bonds is 6. The van der Waals surface area contributed by atoms with Crippen molar-refractivity contribution in [1.29, 1.82) is 0 Å². The molecule has 2 heterocycles. The van der Waals surface area contributed by atoms with E-state index in [4.69, 9.17) is 9.15 Å². The first kappa shape index (κ1) is 22.8. The van der Waals surface area contributed by atoms with Crippen LogP contribution in [0.1, 0.15) is 69.9 Å². The second-order valence-electron chi connectivity index (χ2n) is 9.60. The van der Waals surface area contributed by atoms with E-state index in [1.54, 1.807) is 13.0 Å². The van der Waals surface area contributed by atoms with Gasteiger partial charge >= 0.3 is 5.63 Å². The number of hydrogen-bond acceptors (Lipinski definition) is 5. The zero-order valence-electron chi connectivity index (χ0n) is 19.5. The molecule has 3 atom stereocenters. The summed E-state index contributed by atoms with van der Waals surface area (Å²) in [6, 6.07) is 5.37. The molecule has 1 saturated carbocycles. The number of amides is 1. The Morgan fingerprint density at radius 1 is 1.34 bits per heavy atom. The van der Waals surface area contributed by atoms with Gasteiger partial charge in [0.15, 0.2) is 6.10 Å². The topological polar surface area (TPSA) is 80.0 Å². The van der Waals surface area contributed by atoms with Crippen LogP contribution in [0.2, 0.25) is 0 Å². The van der Waals surface area contributed by atoms with Gasteiger partial charge in [-0.3, -0.25) is 4.79 Å². The molecule has 0 bridgehead atoms. The van der Waals surface area contributed by atoms with Gasteiger partial charge in [-0.05, 0) is 63.6 Å². The number of hydrogen-bond donors (Lipinski definition) is 1. The maximum Gasteiger partial charge on any atom is 0.336 e.